The van der Waals surface area contributed by atoms with E-state index in [1.165, 1.54) is 10.6 Å². The van der Waals surface area contributed by atoms with Crippen LogP contribution in [0.5, 0.6) is 5.75 Å². The number of rotatable bonds is 1. The molecule has 6 heteroatoms. The fourth-order valence-electron chi connectivity index (χ4n) is 4.00. The van der Waals surface area contributed by atoms with E-state index in [1.54, 1.807) is 30.3 Å². The van der Waals surface area contributed by atoms with E-state index in [0.29, 0.717) is 42.8 Å². The molecule has 1 atom stereocenters. The van der Waals surface area contributed by atoms with Gasteiger partial charge in [0.15, 0.2) is 5.78 Å². The van der Waals surface area contributed by atoms with Crippen molar-refractivity contribution in [3.8, 4) is 5.75 Å². The van der Waals surface area contributed by atoms with Gasteiger partial charge in [0.05, 0.1) is 17.5 Å². The number of carbonyl (C=O) groups is 2. The Labute approximate surface area is 157 Å². The van der Waals surface area contributed by atoms with Crippen molar-refractivity contribution in [2.24, 2.45) is 7.05 Å². The molecule has 1 aromatic carbocycles. The monoisotopic (exact) mass is 366 g/mol. The van der Waals surface area contributed by atoms with Gasteiger partial charge < -0.3 is 14.2 Å². The first-order chi connectivity index (χ1) is 13.0. The van der Waals surface area contributed by atoms with Crippen molar-refractivity contribution >= 4 is 11.7 Å². The van der Waals surface area contributed by atoms with Gasteiger partial charge in [-0.15, -0.1) is 0 Å². The Morgan fingerprint density at radius 1 is 1.07 bits per heavy atom. The zero-order chi connectivity index (χ0) is 19.0. The Bertz CT molecular complexity index is 965. The molecule has 27 heavy (non-hydrogen) atoms. The molecule has 1 saturated heterocycles. The lowest BCUT2D eigenvalue weighted by molar-refractivity contribution is 0.0300. The molecule has 1 spiro atoms. The number of ketones is 1. The van der Waals surface area contributed by atoms with Gasteiger partial charge in [-0.25, -0.2) is 0 Å². The number of nitrogens with zero attached hydrogens (tertiary/aromatic N) is 2. The number of ether oxygens (including phenoxy) is 1. The highest BCUT2D eigenvalue weighted by molar-refractivity contribution is 6.00. The molecular weight excluding hydrogens is 344 g/mol. The lowest BCUT2D eigenvalue weighted by Crippen LogP contribution is -2.43. The number of carbonyl (C=O) groups excluding carboxylic acids is 2. The molecule has 0 N–H and O–H groups in total. The van der Waals surface area contributed by atoms with Crippen LogP contribution in [0.25, 0.3) is 0 Å². The average Bonchev–Trinajstić information content (AvgIpc) is 2.86. The molecule has 1 fully saturated rings. The maximum absolute atomic E-state index is 12.9. The second-order valence-electron chi connectivity index (χ2n) is 7.39. The van der Waals surface area contributed by atoms with Crippen LogP contribution in [0.4, 0.5) is 0 Å². The Kier molecular flexibility index (Phi) is 4.34. The smallest absolute Gasteiger partial charge is 0.255 e. The number of aryl methyl sites for hydroxylation is 1. The summed E-state index contributed by atoms with van der Waals surface area (Å²) in [5, 5.41) is 0. The molecule has 2 aromatic rings. The largest absolute Gasteiger partial charge is 0.486 e. The van der Waals surface area contributed by atoms with E-state index in [2.05, 4.69) is 0 Å². The number of likely N-dealkylation sites (tertiary alicyclic amines) is 1. The summed E-state index contributed by atoms with van der Waals surface area (Å²) >= 11 is 0. The Hall–Kier alpha value is -2.89. The van der Waals surface area contributed by atoms with Crippen molar-refractivity contribution in [3.05, 3.63) is 64.1 Å². The number of para-hydroxylation sites is 1. The van der Waals surface area contributed by atoms with Gasteiger partial charge in [0.1, 0.15) is 11.4 Å². The molecule has 1 unspecified atom stereocenters. The number of fused-ring (bicyclic) bond motifs is 1. The molecule has 0 radical (unpaired) electrons. The second kappa shape index (κ2) is 6.68. The molecule has 2 aliphatic heterocycles. The van der Waals surface area contributed by atoms with E-state index in [1.807, 2.05) is 18.2 Å². The van der Waals surface area contributed by atoms with Gasteiger partial charge in [-0.3, -0.25) is 14.4 Å². The summed E-state index contributed by atoms with van der Waals surface area (Å²) in [5.41, 5.74) is 0.461. The summed E-state index contributed by atoms with van der Waals surface area (Å²) in [7, 11) is 1.63. The third kappa shape index (κ3) is 3.27. The van der Waals surface area contributed by atoms with Gasteiger partial charge in [0.25, 0.3) is 5.91 Å². The number of Topliss-reactive ketones (excluding diaryl/α,β-unsaturated/α-hetero) is 1. The van der Waals surface area contributed by atoms with Crippen LogP contribution in [0.3, 0.4) is 0 Å². The molecule has 140 valence electrons. The Balaban J connectivity index is 1.53. The predicted octanol–water partition coefficient (Wildman–Crippen LogP) is 2.42. The lowest BCUT2D eigenvalue weighted by Gasteiger charge is -2.37. The van der Waals surface area contributed by atoms with Crippen LogP contribution >= 0.6 is 0 Å². The van der Waals surface area contributed by atoms with Gasteiger partial charge >= 0.3 is 0 Å². The summed E-state index contributed by atoms with van der Waals surface area (Å²) in [6.07, 6.45) is 4.05. The summed E-state index contributed by atoms with van der Waals surface area (Å²) in [5.74, 6) is 0.659. The van der Waals surface area contributed by atoms with Crippen molar-refractivity contribution in [3.63, 3.8) is 0 Å². The fourth-order valence-corrected chi connectivity index (χ4v) is 4.00. The number of hydrogen-bond donors (Lipinski definition) is 0. The molecule has 0 bridgehead atoms. The fraction of sp³-hybridized carbons (Fsp3) is 0.381. The van der Waals surface area contributed by atoms with E-state index in [9.17, 15) is 14.4 Å². The minimum atomic E-state index is -0.538. The van der Waals surface area contributed by atoms with Crippen molar-refractivity contribution < 1.29 is 14.3 Å². The van der Waals surface area contributed by atoms with Crippen molar-refractivity contribution in [1.82, 2.24) is 9.47 Å². The van der Waals surface area contributed by atoms with Crippen LogP contribution < -0.4 is 10.3 Å². The van der Waals surface area contributed by atoms with Crippen molar-refractivity contribution in [1.29, 1.82) is 0 Å². The van der Waals surface area contributed by atoms with Gasteiger partial charge in [-0.1, -0.05) is 12.1 Å². The number of pyridine rings is 1. The Morgan fingerprint density at radius 3 is 2.70 bits per heavy atom. The standard InChI is InChI=1S/C21H22N2O4/c1-22-14-15(7-8-19(22)25)20(26)23-11-4-9-21(10-12-23)13-17(24)16-5-2-3-6-18(16)27-21/h2-3,5-8,14H,4,9-13H2,1H3. The Morgan fingerprint density at radius 2 is 1.89 bits per heavy atom. The minimum Gasteiger partial charge on any atom is -0.486 e. The van der Waals surface area contributed by atoms with Crippen LogP contribution in [0.2, 0.25) is 0 Å². The average molecular weight is 366 g/mol. The van der Waals surface area contributed by atoms with E-state index >= 15 is 0 Å². The molecule has 2 aliphatic rings. The maximum atomic E-state index is 12.9. The zero-order valence-electron chi connectivity index (χ0n) is 15.3. The third-order valence-corrected chi connectivity index (χ3v) is 5.51. The van der Waals surface area contributed by atoms with Crippen LogP contribution in [0, 0.1) is 0 Å². The topological polar surface area (TPSA) is 68.6 Å². The molecule has 1 amide bonds. The first-order valence-corrected chi connectivity index (χ1v) is 9.25. The highest BCUT2D eigenvalue weighted by Gasteiger charge is 2.42. The van der Waals surface area contributed by atoms with Crippen LogP contribution in [-0.2, 0) is 7.05 Å². The molecule has 0 saturated carbocycles. The van der Waals surface area contributed by atoms with Gasteiger partial charge in [0.2, 0.25) is 5.56 Å². The number of benzene rings is 1. The summed E-state index contributed by atoms with van der Waals surface area (Å²) in [6.45, 7) is 1.14. The SMILES string of the molecule is Cn1cc(C(=O)N2CCCC3(CC2)CC(=O)c2ccccc2O3)ccc1=O. The van der Waals surface area contributed by atoms with E-state index in [-0.39, 0.29) is 17.2 Å². The quantitative estimate of drug-likeness (QED) is 0.777. The molecular formula is C21H22N2O4. The highest BCUT2D eigenvalue weighted by Crippen LogP contribution is 2.39. The first kappa shape index (κ1) is 17.5. The van der Waals surface area contributed by atoms with Gasteiger partial charge in [-0.05, 0) is 31.0 Å². The van der Waals surface area contributed by atoms with Crippen LogP contribution in [-0.4, -0.2) is 39.8 Å². The molecule has 4 rings (SSSR count). The highest BCUT2D eigenvalue weighted by atomic mass is 16.5. The van der Waals surface area contributed by atoms with Crippen molar-refractivity contribution in [2.75, 3.05) is 13.1 Å². The maximum Gasteiger partial charge on any atom is 0.255 e. The third-order valence-electron chi connectivity index (χ3n) is 5.51. The predicted molar refractivity (Wildman–Crippen MR) is 100 cm³/mol. The normalized spacial score (nSPS) is 22.1. The molecule has 6 nitrogen and oxygen atoms in total. The van der Waals surface area contributed by atoms with E-state index < -0.39 is 5.60 Å². The molecule has 1 aromatic heterocycles. The van der Waals surface area contributed by atoms with Crippen LogP contribution in [0.1, 0.15) is 46.4 Å². The zero-order valence-corrected chi connectivity index (χ0v) is 15.3. The van der Waals surface area contributed by atoms with Gasteiger partial charge in [-0.2, -0.15) is 0 Å². The first-order valence-electron chi connectivity index (χ1n) is 9.25. The summed E-state index contributed by atoms with van der Waals surface area (Å²) < 4.78 is 7.68. The van der Waals surface area contributed by atoms with Gasteiger partial charge in [0, 0.05) is 38.8 Å². The molecule has 0 aliphatic carbocycles. The minimum absolute atomic E-state index is 0.0924. The second-order valence-corrected chi connectivity index (χ2v) is 7.39. The summed E-state index contributed by atoms with van der Waals surface area (Å²) in [6, 6.07) is 10.3. The molecule has 3 heterocycles. The lowest BCUT2D eigenvalue weighted by atomic mass is 9.84. The van der Waals surface area contributed by atoms with E-state index in [0.717, 1.165) is 12.8 Å². The van der Waals surface area contributed by atoms with Crippen LogP contribution in [0.15, 0.2) is 47.4 Å². The number of aromatic nitrogens is 1. The number of amides is 1. The van der Waals surface area contributed by atoms with E-state index in [4.69, 9.17) is 4.74 Å². The summed E-state index contributed by atoms with van der Waals surface area (Å²) in [4.78, 5) is 38.8. The van der Waals surface area contributed by atoms with Crippen molar-refractivity contribution in [2.45, 2.75) is 31.3 Å². The number of hydrogen-bond acceptors (Lipinski definition) is 4.